The minimum Gasteiger partial charge on any atom is -0.497 e. The molecule has 2 N–H and O–H groups in total. The lowest BCUT2D eigenvalue weighted by Crippen LogP contribution is -2.26. The molecule has 0 radical (unpaired) electrons. The molecule has 2 aromatic rings. The number of aryl methyl sites for hydroxylation is 1. The number of rotatable bonds is 7. The van der Waals surface area contributed by atoms with Crippen LogP contribution in [0.1, 0.15) is 36.6 Å². The highest BCUT2D eigenvalue weighted by atomic mass is 16.5. The van der Waals surface area contributed by atoms with Crippen LogP contribution in [0.4, 0.5) is 11.5 Å². The van der Waals surface area contributed by atoms with Crippen LogP contribution in [-0.2, 0) is 0 Å². The van der Waals surface area contributed by atoms with Crippen LogP contribution in [0, 0.1) is 12.8 Å². The number of anilines is 2. The number of carbonyl (C=O) groups is 1. The van der Waals surface area contributed by atoms with Crippen LogP contribution in [0.2, 0.25) is 0 Å². The third kappa shape index (κ3) is 5.22. The minimum atomic E-state index is -0.185. The lowest BCUT2D eigenvalue weighted by atomic mass is 10.1. The van der Waals surface area contributed by atoms with E-state index in [-0.39, 0.29) is 5.91 Å². The number of ether oxygens (including phenoxy) is 1. The van der Waals surface area contributed by atoms with Crippen molar-refractivity contribution in [1.82, 2.24) is 15.3 Å². The van der Waals surface area contributed by atoms with E-state index < -0.39 is 0 Å². The molecule has 128 valence electrons. The number of amides is 1. The van der Waals surface area contributed by atoms with E-state index in [0.717, 1.165) is 17.9 Å². The van der Waals surface area contributed by atoms with Crippen molar-refractivity contribution in [1.29, 1.82) is 0 Å². The third-order valence-electron chi connectivity index (χ3n) is 3.42. The molecular formula is C18H24N4O2. The van der Waals surface area contributed by atoms with E-state index in [9.17, 15) is 4.79 Å². The Morgan fingerprint density at radius 1 is 1.25 bits per heavy atom. The van der Waals surface area contributed by atoms with Gasteiger partial charge in [0.15, 0.2) is 0 Å². The minimum absolute atomic E-state index is 0.185. The van der Waals surface area contributed by atoms with Gasteiger partial charge in [-0.2, -0.15) is 0 Å². The van der Waals surface area contributed by atoms with E-state index in [1.807, 2.05) is 24.3 Å². The Labute approximate surface area is 142 Å². The summed E-state index contributed by atoms with van der Waals surface area (Å²) < 4.78 is 5.20. The zero-order chi connectivity index (χ0) is 17.5. The van der Waals surface area contributed by atoms with Gasteiger partial charge in [-0.05, 0) is 31.4 Å². The van der Waals surface area contributed by atoms with E-state index >= 15 is 0 Å². The van der Waals surface area contributed by atoms with Crippen molar-refractivity contribution in [3.05, 3.63) is 41.9 Å². The Bertz CT molecular complexity index is 701. The summed E-state index contributed by atoms with van der Waals surface area (Å²) in [5.74, 6) is 2.22. The van der Waals surface area contributed by atoms with Crippen molar-refractivity contribution in [3.8, 4) is 5.75 Å². The smallest absolute Gasteiger partial charge is 0.270 e. The molecule has 0 unspecified atom stereocenters. The lowest BCUT2D eigenvalue weighted by Gasteiger charge is -2.10. The monoisotopic (exact) mass is 328 g/mol. The highest BCUT2D eigenvalue weighted by Crippen LogP contribution is 2.20. The molecule has 1 aromatic heterocycles. The molecule has 0 fully saturated rings. The van der Waals surface area contributed by atoms with Gasteiger partial charge in [-0.15, -0.1) is 0 Å². The summed E-state index contributed by atoms with van der Waals surface area (Å²) in [5, 5.41) is 6.07. The van der Waals surface area contributed by atoms with E-state index in [1.165, 1.54) is 0 Å². The van der Waals surface area contributed by atoms with Gasteiger partial charge in [0.1, 0.15) is 23.1 Å². The number of nitrogens with one attached hydrogen (secondary N) is 2. The van der Waals surface area contributed by atoms with Gasteiger partial charge in [0.05, 0.1) is 7.11 Å². The summed E-state index contributed by atoms with van der Waals surface area (Å²) in [5.41, 5.74) is 1.19. The summed E-state index contributed by atoms with van der Waals surface area (Å²) in [6, 6.07) is 9.16. The first kappa shape index (κ1) is 17.7. The average molecular weight is 328 g/mol. The third-order valence-corrected chi connectivity index (χ3v) is 3.42. The van der Waals surface area contributed by atoms with E-state index in [2.05, 4.69) is 34.4 Å². The van der Waals surface area contributed by atoms with Crippen LogP contribution in [0.15, 0.2) is 30.3 Å². The number of carbonyl (C=O) groups excluding carboxylic acids is 1. The fourth-order valence-electron chi connectivity index (χ4n) is 2.16. The van der Waals surface area contributed by atoms with Crippen molar-refractivity contribution in [2.45, 2.75) is 27.2 Å². The molecule has 0 saturated heterocycles. The van der Waals surface area contributed by atoms with Gasteiger partial charge >= 0.3 is 0 Å². The van der Waals surface area contributed by atoms with Crippen molar-refractivity contribution < 1.29 is 9.53 Å². The first-order chi connectivity index (χ1) is 11.5. The Morgan fingerprint density at radius 3 is 2.75 bits per heavy atom. The summed E-state index contributed by atoms with van der Waals surface area (Å²) in [4.78, 5) is 20.8. The van der Waals surface area contributed by atoms with Gasteiger partial charge < -0.3 is 15.4 Å². The molecule has 0 bridgehead atoms. The highest BCUT2D eigenvalue weighted by Gasteiger charge is 2.11. The number of nitrogens with zero attached hydrogens (tertiary/aromatic N) is 2. The number of aromatic nitrogens is 2. The second kappa shape index (κ2) is 8.29. The molecule has 6 heteroatoms. The first-order valence-electron chi connectivity index (χ1n) is 8.03. The van der Waals surface area contributed by atoms with E-state index in [4.69, 9.17) is 4.74 Å². The van der Waals surface area contributed by atoms with Crippen molar-refractivity contribution in [2.75, 3.05) is 19.0 Å². The second-order valence-electron chi connectivity index (χ2n) is 5.98. The average Bonchev–Trinajstić information content (AvgIpc) is 2.54. The molecule has 0 aliphatic rings. The van der Waals surface area contributed by atoms with E-state index in [0.29, 0.717) is 29.8 Å². The first-order valence-corrected chi connectivity index (χ1v) is 8.03. The number of benzene rings is 1. The summed E-state index contributed by atoms with van der Waals surface area (Å²) in [7, 11) is 1.62. The zero-order valence-electron chi connectivity index (χ0n) is 14.6. The molecule has 0 aliphatic carbocycles. The molecular weight excluding hydrogens is 304 g/mol. The maximum atomic E-state index is 12.2. The van der Waals surface area contributed by atoms with Gasteiger partial charge in [-0.25, -0.2) is 9.97 Å². The molecule has 0 atom stereocenters. The Hall–Kier alpha value is -2.63. The van der Waals surface area contributed by atoms with Crippen LogP contribution in [0.25, 0.3) is 0 Å². The molecule has 24 heavy (non-hydrogen) atoms. The number of hydrogen-bond donors (Lipinski definition) is 2. The molecule has 0 saturated carbocycles. The predicted molar refractivity (Wildman–Crippen MR) is 94.8 cm³/mol. The summed E-state index contributed by atoms with van der Waals surface area (Å²) in [6.07, 6.45) is 0.935. The summed E-state index contributed by atoms with van der Waals surface area (Å²) >= 11 is 0. The molecule has 2 rings (SSSR count). The van der Waals surface area contributed by atoms with Gasteiger partial charge in [0.2, 0.25) is 0 Å². The molecule has 0 aliphatic heterocycles. The molecule has 6 nitrogen and oxygen atoms in total. The van der Waals surface area contributed by atoms with Crippen LogP contribution in [-0.4, -0.2) is 29.5 Å². The largest absolute Gasteiger partial charge is 0.497 e. The van der Waals surface area contributed by atoms with Crippen LogP contribution in [0.3, 0.4) is 0 Å². The normalized spacial score (nSPS) is 10.5. The topological polar surface area (TPSA) is 76.1 Å². The lowest BCUT2D eigenvalue weighted by molar-refractivity contribution is 0.0946. The van der Waals surface area contributed by atoms with Crippen molar-refractivity contribution in [2.24, 2.45) is 5.92 Å². The SMILES string of the molecule is COc1cccc(Nc2cc(C(=O)NCCC(C)C)nc(C)n2)c1. The zero-order valence-corrected chi connectivity index (χ0v) is 14.6. The number of hydrogen-bond acceptors (Lipinski definition) is 5. The molecule has 1 aromatic carbocycles. The van der Waals surface area contributed by atoms with Gasteiger partial charge in [0.25, 0.3) is 5.91 Å². The maximum absolute atomic E-state index is 12.2. The van der Waals surface area contributed by atoms with Gasteiger partial charge in [-0.3, -0.25) is 4.79 Å². The van der Waals surface area contributed by atoms with Crippen LogP contribution < -0.4 is 15.4 Å². The van der Waals surface area contributed by atoms with Gasteiger partial charge in [-0.1, -0.05) is 19.9 Å². The number of methoxy groups -OCH3 is 1. The summed E-state index contributed by atoms with van der Waals surface area (Å²) in [6.45, 7) is 6.65. The Kier molecular flexibility index (Phi) is 6.12. The van der Waals surface area contributed by atoms with Crippen molar-refractivity contribution in [3.63, 3.8) is 0 Å². The second-order valence-corrected chi connectivity index (χ2v) is 5.98. The van der Waals surface area contributed by atoms with Crippen LogP contribution in [0.5, 0.6) is 5.75 Å². The van der Waals surface area contributed by atoms with E-state index in [1.54, 1.807) is 20.1 Å². The van der Waals surface area contributed by atoms with Gasteiger partial charge in [0, 0.05) is 24.4 Å². The molecule has 1 amide bonds. The Morgan fingerprint density at radius 2 is 2.04 bits per heavy atom. The standard InChI is InChI=1S/C18H24N4O2/c1-12(2)8-9-19-18(23)16-11-17(21-13(3)20-16)22-14-6-5-7-15(10-14)24-4/h5-7,10-12H,8-9H2,1-4H3,(H,19,23)(H,20,21,22). The fourth-order valence-corrected chi connectivity index (χ4v) is 2.16. The Balaban J connectivity index is 2.11. The quantitative estimate of drug-likeness (QED) is 0.815. The fraction of sp³-hybridized carbons (Fsp3) is 0.389. The predicted octanol–water partition coefficient (Wildman–Crippen LogP) is 3.31. The molecule has 0 spiro atoms. The maximum Gasteiger partial charge on any atom is 0.270 e. The molecule has 1 heterocycles. The highest BCUT2D eigenvalue weighted by molar-refractivity contribution is 5.93. The van der Waals surface area contributed by atoms with Crippen molar-refractivity contribution >= 4 is 17.4 Å². The van der Waals surface area contributed by atoms with Crippen LogP contribution >= 0.6 is 0 Å².